The Hall–Kier alpha value is -3.75. The highest BCUT2D eigenvalue weighted by Crippen LogP contribution is 2.37. The summed E-state index contributed by atoms with van der Waals surface area (Å²) >= 11 is 12.6. The quantitative estimate of drug-likeness (QED) is 0.198. The van der Waals surface area contributed by atoms with E-state index in [1.165, 1.54) is 19.1 Å². The molecule has 0 saturated carbocycles. The number of nitrogens with one attached hydrogen (secondary N) is 2. The highest BCUT2D eigenvalue weighted by molar-refractivity contribution is 6.36. The van der Waals surface area contributed by atoms with Crippen LogP contribution in [0.5, 0.6) is 17.2 Å². The van der Waals surface area contributed by atoms with Crippen molar-refractivity contribution in [1.29, 1.82) is 0 Å². The number of ether oxygens (including phenoxy) is 2. The standard InChI is InChI=1S/C28H28Cl2N2O6/c1-5-20(26-21(29)7-6-8-22(26)30)28(36)32-23-13-19(9-10-24(23)34)38-27-15(2)11-18(12-16(27)3)31-25(35)14-37-17(4)33/h6-13,20,34H,5,14H2,1-4H3,(H,31,35)(H,32,36). The normalized spacial score (nSPS) is 11.4. The minimum absolute atomic E-state index is 0.134. The minimum atomic E-state index is -0.631. The molecule has 8 nitrogen and oxygen atoms in total. The summed E-state index contributed by atoms with van der Waals surface area (Å²) in [5, 5.41) is 16.6. The van der Waals surface area contributed by atoms with Gasteiger partial charge < -0.3 is 25.2 Å². The average Bonchev–Trinajstić information content (AvgIpc) is 2.84. The second kappa shape index (κ2) is 12.7. The molecule has 3 N–H and O–H groups in total. The van der Waals surface area contributed by atoms with Crippen molar-refractivity contribution in [2.75, 3.05) is 17.2 Å². The predicted molar refractivity (Wildman–Crippen MR) is 147 cm³/mol. The fourth-order valence-corrected chi connectivity index (χ4v) is 4.59. The molecule has 2 amide bonds. The molecule has 0 aliphatic heterocycles. The molecule has 3 aromatic carbocycles. The van der Waals surface area contributed by atoms with Crippen LogP contribution in [0.1, 0.15) is 42.9 Å². The van der Waals surface area contributed by atoms with Crippen molar-refractivity contribution in [3.05, 3.63) is 75.3 Å². The zero-order chi connectivity index (χ0) is 28.0. The Labute approximate surface area is 230 Å². The van der Waals surface area contributed by atoms with Crippen molar-refractivity contribution in [2.45, 2.75) is 40.0 Å². The minimum Gasteiger partial charge on any atom is -0.506 e. The first-order valence-corrected chi connectivity index (χ1v) is 12.6. The van der Waals surface area contributed by atoms with E-state index in [1.807, 2.05) is 20.8 Å². The van der Waals surface area contributed by atoms with Gasteiger partial charge in [0.15, 0.2) is 6.61 Å². The number of esters is 1. The molecule has 0 heterocycles. The van der Waals surface area contributed by atoms with E-state index in [0.717, 1.165) is 11.1 Å². The van der Waals surface area contributed by atoms with Gasteiger partial charge in [-0.05, 0) is 67.8 Å². The summed E-state index contributed by atoms with van der Waals surface area (Å²) in [6.07, 6.45) is 0.439. The lowest BCUT2D eigenvalue weighted by Crippen LogP contribution is -2.21. The smallest absolute Gasteiger partial charge is 0.303 e. The fourth-order valence-electron chi connectivity index (χ4n) is 3.93. The number of amides is 2. The molecular weight excluding hydrogens is 531 g/mol. The van der Waals surface area contributed by atoms with Crippen LogP contribution in [0.3, 0.4) is 0 Å². The largest absolute Gasteiger partial charge is 0.506 e. The molecule has 0 radical (unpaired) electrons. The van der Waals surface area contributed by atoms with E-state index < -0.39 is 17.8 Å². The highest BCUT2D eigenvalue weighted by atomic mass is 35.5. The number of rotatable bonds is 9. The maximum Gasteiger partial charge on any atom is 0.303 e. The number of carbonyl (C=O) groups excluding carboxylic acids is 3. The van der Waals surface area contributed by atoms with Gasteiger partial charge in [-0.15, -0.1) is 0 Å². The Balaban J connectivity index is 1.79. The van der Waals surface area contributed by atoms with Gasteiger partial charge in [0.1, 0.15) is 17.2 Å². The van der Waals surface area contributed by atoms with Gasteiger partial charge in [-0.3, -0.25) is 14.4 Å². The highest BCUT2D eigenvalue weighted by Gasteiger charge is 2.25. The number of halogens is 2. The molecular formula is C28H28Cl2N2O6. The summed E-state index contributed by atoms with van der Waals surface area (Å²) in [4.78, 5) is 36.0. The summed E-state index contributed by atoms with van der Waals surface area (Å²) < 4.78 is 10.8. The van der Waals surface area contributed by atoms with Gasteiger partial charge in [0.2, 0.25) is 5.91 Å². The SMILES string of the molecule is CCC(C(=O)Nc1cc(Oc2c(C)cc(NC(=O)COC(C)=O)cc2C)ccc1O)c1c(Cl)cccc1Cl. The van der Waals surface area contributed by atoms with Crippen LogP contribution in [0.15, 0.2) is 48.5 Å². The zero-order valence-corrected chi connectivity index (χ0v) is 22.9. The first-order valence-electron chi connectivity index (χ1n) is 11.8. The van der Waals surface area contributed by atoms with Gasteiger partial charge in [-0.2, -0.15) is 0 Å². The van der Waals surface area contributed by atoms with Crippen LogP contribution < -0.4 is 15.4 Å². The average molecular weight is 559 g/mol. The van der Waals surface area contributed by atoms with Crippen LogP contribution in [0, 0.1) is 13.8 Å². The van der Waals surface area contributed by atoms with Gasteiger partial charge in [-0.1, -0.05) is 36.2 Å². The molecule has 10 heteroatoms. The van der Waals surface area contributed by atoms with Crippen molar-refractivity contribution >= 4 is 52.4 Å². The van der Waals surface area contributed by atoms with Crippen LogP contribution >= 0.6 is 23.2 Å². The van der Waals surface area contributed by atoms with Crippen molar-refractivity contribution < 1.29 is 29.0 Å². The topological polar surface area (TPSA) is 114 Å². The van der Waals surface area contributed by atoms with Gasteiger partial charge in [-0.25, -0.2) is 0 Å². The number of aromatic hydroxyl groups is 1. The number of hydrogen-bond acceptors (Lipinski definition) is 6. The van der Waals surface area contributed by atoms with Gasteiger partial charge >= 0.3 is 5.97 Å². The number of aryl methyl sites for hydroxylation is 2. The van der Waals surface area contributed by atoms with Crippen LogP contribution in [0.25, 0.3) is 0 Å². The summed E-state index contributed by atoms with van der Waals surface area (Å²) in [6.45, 7) is 6.32. The summed E-state index contributed by atoms with van der Waals surface area (Å²) in [6, 6.07) is 13.0. The van der Waals surface area contributed by atoms with Crippen molar-refractivity contribution in [3.8, 4) is 17.2 Å². The third kappa shape index (κ3) is 7.18. The lowest BCUT2D eigenvalue weighted by atomic mass is 9.95. The molecule has 0 saturated heterocycles. The molecule has 0 aliphatic carbocycles. The van der Waals surface area contributed by atoms with Crippen LogP contribution in [-0.4, -0.2) is 29.5 Å². The maximum absolute atomic E-state index is 13.1. The van der Waals surface area contributed by atoms with Crippen molar-refractivity contribution in [3.63, 3.8) is 0 Å². The molecule has 200 valence electrons. The van der Waals surface area contributed by atoms with Crippen LogP contribution in [0.2, 0.25) is 10.0 Å². The molecule has 0 fully saturated rings. The first-order chi connectivity index (χ1) is 18.0. The van der Waals surface area contributed by atoms with E-state index in [1.54, 1.807) is 36.4 Å². The molecule has 3 rings (SSSR count). The zero-order valence-electron chi connectivity index (χ0n) is 21.4. The Kier molecular flexibility index (Phi) is 9.61. The van der Waals surface area contributed by atoms with Crippen LogP contribution in [-0.2, 0) is 19.1 Å². The van der Waals surface area contributed by atoms with E-state index in [9.17, 15) is 19.5 Å². The molecule has 1 unspecified atom stereocenters. The van der Waals surface area contributed by atoms with E-state index in [0.29, 0.717) is 39.2 Å². The van der Waals surface area contributed by atoms with E-state index in [2.05, 4.69) is 10.6 Å². The number of phenolic OH excluding ortho intramolecular Hbond substituents is 1. The first kappa shape index (κ1) is 28.8. The molecule has 38 heavy (non-hydrogen) atoms. The molecule has 0 bridgehead atoms. The molecule has 0 aliphatic rings. The Morgan fingerprint density at radius 2 is 1.61 bits per heavy atom. The predicted octanol–water partition coefficient (Wildman–Crippen LogP) is 6.74. The Bertz CT molecular complexity index is 1330. The maximum atomic E-state index is 13.1. The lowest BCUT2D eigenvalue weighted by molar-refractivity contribution is -0.144. The number of hydrogen-bond donors (Lipinski definition) is 3. The summed E-state index contributed by atoms with van der Waals surface area (Å²) in [7, 11) is 0. The number of benzene rings is 3. The van der Waals surface area contributed by atoms with Crippen molar-refractivity contribution in [2.24, 2.45) is 0 Å². The fraction of sp³-hybridized carbons (Fsp3) is 0.250. The third-order valence-electron chi connectivity index (χ3n) is 5.67. The Morgan fingerprint density at radius 3 is 2.18 bits per heavy atom. The number of anilines is 2. The third-order valence-corrected chi connectivity index (χ3v) is 6.33. The van der Waals surface area contributed by atoms with E-state index >= 15 is 0 Å². The lowest BCUT2D eigenvalue weighted by Gasteiger charge is -2.19. The second-order valence-electron chi connectivity index (χ2n) is 8.63. The molecule has 0 spiro atoms. The van der Waals surface area contributed by atoms with Crippen LogP contribution in [0.4, 0.5) is 11.4 Å². The van der Waals surface area contributed by atoms with Crippen molar-refractivity contribution in [1.82, 2.24) is 0 Å². The van der Waals surface area contributed by atoms with Gasteiger partial charge in [0.25, 0.3) is 5.91 Å². The van der Waals surface area contributed by atoms with Gasteiger partial charge in [0.05, 0.1) is 11.6 Å². The second-order valence-corrected chi connectivity index (χ2v) is 9.45. The van der Waals surface area contributed by atoms with E-state index in [-0.39, 0.29) is 24.0 Å². The molecule has 3 aromatic rings. The summed E-state index contributed by atoms with van der Waals surface area (Å²) in [5.41, 5.74) is 2.66. The van der Waals surface area contributed by atoms with E-state index in [4.69, 9.17) is 32.7 Å². The monoisotopic (exact) mass is 558 g/mol. The molecule has 1 atom stereocenters. The number of carbonyl (C=O) groups is 3. The Morgan fingerprint density at radius 1 is 0.974 bits per heavy atom. The molecule has 0 aromatic heterocycles. The number of phenols is 1. The van der Waals surface area contributed by atoms with Gasteiger partial charge in [0, 0.05) is 34.3 Å². The summed E-state index contributed by atoms with van der Waals surface area (Å²) in [5.74, 6) is -1.23.